The van der Waals surface area contributed by atoms with Gasteiger partial charge in [-0.25, -0.2) is 9.79 Å². The van der Waals surface area contributed by atoms with Crippen molar-refractivity contribution in [3.63, 3.8) is 0 Å². The number of carbonyl (C=O) groups is 1. The second kappa shape index (κ2) is 6.23. The molecule has 0 aromatic heterocycles. The number of carbonyl (C=O) groups excluding carboxylic acids is 1. The van der Waals surface area contributed by atoms with Crippen LogP contribution in [0.5, 0.6) is 5.75 Å². The van der Waals surface area contributed by atoms with Crippen LogP contribution in [0.2, 0.25) is 0 Å². The van der Waals surface area contributed by atoms with Crippen LogP contribution in [0.15, 0.2) is 41.4 Å². The molecule has 0 N–H and O–H groups in total. The van der Waals surface area contributed by atoms with Crippen LogP contribution in [-0.2, 0) is 14.3 Å². The molecule has 106 valence electrons. The normalized spacial score (nSPS) is 17.1. The van der Waals surface area contributed by atoms with E-state index in [4.69, 9.17) is 14.2 Å². The highest BCUT2D eigenvalue weighted by Gasteiger charge is 2.26. The van der Waals surface area contributed by atoms with E-state index in [0.29, 0.717) is 18.8 Å². The second-order valence-electron chi connectivity index (χ2n) is 4.36. The van der Waals surface area contributed by atoms with Crippen molar-refractivity contribution in [2.45, 2.75) is 19.9 Å². The Bertz CT molecular complexity index is 551. The summed E-state index contributed by atoms with van der Waals surface area (Å²) in [5.41, 5.74) is 1.21. The van der Waals surface area contributed by atoms with Crippen LogP contribution in [0.4, 0.5) is 0 Å². The van der Waals surface area contributed by atoms with Gasteiger partial charge in [-0.15, -0.1) is 0 Å². The van der Waals surface area contributed by atoms with Crippen molar-refractivity contribution in [3.8, 4) is 5.75 Å². The Morgan fingerprint density at radius 3 is 2.95 bits per heavy atom. The summed E-state index contributed by atoms with van der Waals surface area (Å²) in [6, 6.07) is 7.38. The third-order valence-corrected chi connectivity index (χ3v) is 2.73. The van der Waals surface area contributed by atoms with Crippen LogP contribution in [0.25, 0.3) is 0 Å². The van der Waals surface area contributed by atoms with Crippen LogP contribution in [-0.4, -0.2) is 25.3 Å². The molecule has 1 atom stereocenters. The predicted octanol–water partition coefficient (Wildman–Crippen LogP) is 2.63. The molecule has 5 heteroatoms. The first-order chi connectivity index (χ1) is 9.61. The van der Waals surface area contributed by atoms with E-state index in [2.05, 4.69) is 11.6 Å². The number of rotatable bonds is 4. The van der Waals surface area contributed by atoms with Gasteiger partial charge in [0, 0.05) is 11.1 Å². The standard InChI is InChI=1S/C15H17NO4/c1-4-18-13-8-6-5-7-11(13)12-9-19-15(16-12)20-14(17)10(2)3/h5-8,12H,2,4,9H2,1,3H3. The lowest BCUT2D eigenvalue weighted by Gasteiger charge is -2.11. The molecule has 0 radical (unpaired) electrons. The number of para-hydroxylation sites is 1. The van der Waals surface area contributed by atoms with Gasteiger partial charge in [-0.2, -0.15) is 0 Å². The second-order valence-corrected chi connectivity index (χ2v) is 4.36. The Hall–Kier alpha value is -2.30. The molecule has 0 aliphatic carbocycles. The van der Waals surface area contributed by atoms with Crippen molar-refractivity contribution >= 4 is 12.1 Å². The number of benzene rings is 1. The molecule has 20 heavy (non-hydrogen) atoms. The van der Waals surface area contributed by atoms with E-state index in [1.54, 1.807) is 6.92 Å². The molecule has 0 fully saturated rings. The Balaban J connectivity index is 2.13. The zero-order chi connectivity index (χ0) is 14.5. The molecule has 0 bridgehead atoms. The van der Waals surface area contributed by atoms with Gasteiger partial charge in [0.05, 0.1) is 6.61 Å². The number of hydrogen-bond acceptors (Lipinski definition) is 5. The summed E-state index contributed by atoms with van der Waals surface area (Å²) in [6.07, 6.45) is -0.0192. The summed E-state index contributed by atoms with van der Waals surface area (Å²) < 4.78 is 15.8. The van der Waals surface area contributed by atoms with Crippen molar-refractivity contribution in [2.75, 3.05) is 13.2 Å². The van der Waals surface area contributed by atoms with Gasteiger partial charge in [0.25, 0.3) is 0 Å². The van der Waals surface area contributed by atoms with E-state index in [9.17, 15) is 4.79 Å². The third kappa shape index (κ3) is 3.17. The quantitative estimate of drug-likeness (QED) is 0.626. The Morgan fingerprint density at radius 1 is 1.50 bits per heavy atom. The van der Waals surface area contributed by atoms with E-state index < -0.39 is 5.97 Å². The summed E-state index contributed by atoms with van der Waals surface area (Å²) in [5.74, 6) is 0.224. The molecule has 0 amide bonds. The van der Waals surface area contributed by atoms with Crippen molar-refractivity contribution < 1.29 is 19.0 Å². The Kier molecular flexibility index (Phi) is 4.40. The average molecular weight is 275 g/mol. The first-order valence-corrected chi connectivity index (χ1v) is 6.41. The van der Waals surface area contributed by atoms with E-state index in [0.717, 1.165) is 11.3 Å². The van der Waals surface area contributed by atoms with E-state index >= 15 is 0 Å². The number of aliphatic imine (C=N–C) groups is 1. The lowest BCUT2D eigenvalue weighted by atomic mass is 10.1. The number of hydrogen-bond donors (Lipinski definition) is 0. The van der Waals surface area contributed by atoms with E-state index in [1.165, 1.54) is 0 Å². The van der Waals surface area contributed by atoms with Crippen LogP contribution in [0.1, 0.15) is 25.5 Å². The molecule has 5 nitrogen and oxygen atoms in total. The molecule has 2 rings (SSSR count). The van der Waals surface area contributed by atoms with Gasteiger partial charge in [0.1, 0.15) is 18.4 Å². The third-order valence-electron chi connectivity index (χ3n) is 2.73. The molecule has 0 spiro atoms. The molecular formula is C15H17NO4. The summed E-state index contributed by atoms with van der Waals surface area (Å²) in [5, 5.41) is 0. The fourth-order valence-corrected chi connectivity index (χ4v) is 1.78. The molecule has 1 unspecified atom stereocenters. The maximum absolute atomic E-state index is 11.4. The molecular weight excluding hydrogens is 258 g/mol. The van der Waals surface area contributed by atoms with Crippen LogP contribution in [0.3, 0.4) is 0 Å². The van der Waals surface area contributed by atoms with Gasteiger partial charge in [0.2, 0.25) is 0 Å². The summed E-state index contributed by atoms with van der Waals surface area (Å²) in [6.45, 7) is 7.90. The van der Waals surface area contributed by atoms with E-state index in [-0.39, 0.29) is 12.1 Å². The van der Waals surface area contributed by atoms with Gasteiger partial charge >= 0.3 is 12.1 Å². The smallest absolute Gasteiger partial charge is 0.392 e. The van der Waals surface area contributed by atoms with Gasteiger partial charge < -0.3 is 14.2 Å². The van der Waals surface area contributed by atoms with Crippen molar-refractivity contribution in [1.82, 2.24) is 0 Å². The number of esters is 1. The number of ether oxygens (including phenoxy) is 3. The van der Waals surface area contributed by atoms with Crippen molar-refractivity contribution in [3.05, 3.63) is 42.0 Å². The zero-order valence-corrected chi connectivity index (χ0v) is 11.6. The summed E-state index contributed by atoms with van der Waals surface area (Å²) in [7, 11) is 0. The lowest BCUT2D eigenvalue weighted by Crippen LogP contribution is -2.12. The van der Waals surface area contributed by atoms with Gasteiger partial charge in [-0.1, -0.05) is 24.8 Å². The lowest BCUT2D eigenvalue weighted by molar-refractivity contribution is -0.132. The Morgan fingerprint density at radius 2 is 2.25 bits per heavy atom. The summed E-state index contributed by atoms with van der Waals surface area (Å²) >= 11 is 0. The largest absolute Gasteiger partial charge is 0.494 e. The SMILES string of the molecule is C=C(C)C(=O)OC1=NC(c2ccccc2OCC)CO1. The topological polar surface area (TPSA) is 57.1 Å². The van der Waals surface area contributed by atoms with Crippen molar-refractivity contribution in [2.24, 2.45) is 4.99 Å². The monoisotopic (exact) mass is 275 g/mol. The Labute approximate surface area is 117 Å². The minimum absolute atomic E-state index is 0.0192. The molecule has 1 aromatic carbocycles. The average Bonchev–Trinajstić information content (AvgIpc) is 2.88. The van der Waals surface area contributed by atoms with Gasteiger partial charge in [-0.3, -0.25) is 0 Å². The van der Waals surface area contributed by atoms with Crippen LogP contribution in [0, 0.1) is 0 Å². The zero-order valence-electron chi connectivity index (χ0n) is 11.6. The van der Waals surface area contributed by atoms with Crippen LogP contribution < -0.4 is 4.74 Å². The minimum Gasteiger partial charge on any atom is -0.494 e. The molecule has 0 saturated carbocycles. The fourth-order valence-electron chi connectivity index (χ4n) is 1.78. The highest BCUT2D eigenvalue weighted by Crippen LogP contribution is 2.31. The summed E-state index contributed by atoms with van der Waals surface area (Å²) in [4.78, 5) is 15.7. The van der Waals surface area contributed by atoms with Gasteiger partial charge in [-0.05, 0) is 19.9 Å². The molecule has 1 aromatic rings. The fraction of sp³-hybridized carbons (Fsp3) is 0.333. The number of nitrogens with zero attached hydrogens (tertiary/aromatic N) is 1. The molecule has 0 saturated heterocycles. The molecule has 1 aliphatic heterocycles. The first-order valence-electron chi connectivity index (χ1n) is 6.41. The van der Waals surface area contributed by atoms with Gasteiger partial charge in [0.15, 0.2) is 0 Å². The van der Waals surface area contributed by atoms with Crippen LogP contribution >= 0.6 is 0 Å². The maximum Gasteiger partial charge on any atom is 0.392 e. The predicted molar refractivity (Wildman–Crippen MR) is 74.6 cm³/mol. The van der Waals surface area contributed by atoms with Crippen molar-refractivity contribution in [1.29, 1.82) is 0 Å². The molecule has 1 aliphatic rings. The highest BCUT2D eigenvalue weighted by atomic mass is 16.7. The minimum atomic E-state index is -0.539. The van der Waals surface area contributed by atoms with E-state index in [1.807, 2.05) is 31.2 Å². The first kappa shape index (κ1) is 14.1. The maximum atomic E-state index is 11.4. The highest BCUT2D eigenvalue weighted by molar-refractivity contribution is 5.95. The molecule has 1 heterocycles.